The second-order valence-corrected chi connectivity index (χ2v) is 9.07. The van der Waals surface area contributed by atoms with Gasteiger partial charge in [-0.15, -0.1) is 0 Å². The number of sulfonamides is 1. The van der Waals surface area contributed by atoms with Crippen molar-refractivity contribution in [2.75, 3.05) is 18.4 Å². The van der Waals surface area contributed by atoms with Gasteiger partial charge in [0.15, 0.2) is 0 Å². The highest BCUT2D eigenvalue weighted by Crippen LogP contribution is 2.26. The molecule has 1 amide bonds. The van der Waals surface area contributed by atoms with Crippen LogP contribution >= 0.6 is 11.6 Å². The van der Waals surface area contributed by atoms with Crippen molar-refractivity contribution in [1.82, 2.24) is 14.1 Å². The fourth-order valence-electron chi connectivity index (χ4n) is 3.34. The van der Waals surface area contributed by atoms with Gasteiger partial charge in [-0.25, -0.2) is 12.8 Å². The molecular weight excluding hydrogens is 407 g/mol. The number of benzene rings is 1. The van der Waals surface area contributed by atoms with E-state index in [4.69, 9.17) is 11.6 Å². The Kier molecular flexibility index (Phi) is 6.07. The maximum atomic E-state index is 13.8. The van der Waals surface area contributed by atoms with Crippen LogP contribution in [-0.4, -0.2) is 41.5 Å². The molecule has 3 rings (SSSR count). The molecular formula is C18H22ClFN4O3S. The molecule has 1 aliphatic rings. The molecule has 1 aromatic heterocycles. The Morgan fingerprint density at radius 2 is 1.96 bits per heavy atom. The van der Waals surface area contributed by atoms with E-state index in [9.17, 15) is 17.6 Å². The first-order valence-corrected chi connectivity index (χ1v) is 10.8. The SMILES string of the molecule is Cc1nn(CCC(=O)Nc2ccc(Cl)cc2F)c(C)c1S(=O)(=O)N1CCCC1. The van der Waals surface area contributed by atoms with Crippen molar-refractivity contribution in [2.45, 2.75) is 44.6 Å². The van der Waals surface area contributed by atoms with Gasteiger partial charge in [0.05, 0.1) is 23.6 Å². The molecule has 0 unspecified atom stereocenters. The topological polar surface area (TPSA) is 84.3 Å². The zero-order valence-corrected chi connectivity index (χ0v) is 17.3. The molecule has 1 saturated heterocycles. The van der Waals surface area contributed by atoms with Gasteiger partial charge in [0.2, 0.25) is 15.9 Å². The maximum Gasteiger partial charge on any atom is 0.246 e. The molecule has 0 aliphatic carbocycles. The lowest BCUT2D eigenvalue weighted by atomic mass is 10.3. The second kappa shape index (κ2) is 8.18. The Balaban J connectivity index is 1.70. The Labute approximate surface area is 168 Å². The quantitative estimate of drug-likeness (QED) is 0.766. The zero-order chi connectivity index (χ0) is 20.5. The molecule has 1 fully saturated rings. The normalized spacial score (nSPS) is 15.1. The number of aryl methyl sites for hydroxylation is 2. The molecule has 0 atom stereocenters. The van der Waals surface area contributed by atoms with Crippen molar-refractivity contribution in [3.8, 4) is 0 Å². The highest BCUT2D eigenvalue weighted by molar-refractivity contribution is 7.89. The molecule has 2 aromatic rings. The van der Waals surface area contributed by atoms with Crippen molar-refractivity contribution in [3.05, 3.63) is 40.4 Å². The molecule has 0 radical (unpaired) electrons. The number of anilines is 1. The molecule has 7 nitrogen and oxygen atoms in total. The molecule has 1 aromatic carbocycles. The number of carbonyl (C=O) groups excluding carboxylic acids is 1. The maximum absolute atomic E-state index is 13.8. The van der Waals surface area contributed by atoms with E-state index < -0.39 is 21.7 Å². The smallest absolute Gasteiger partial charge is 0.246 e. The van der Waals surface area contributed by atoms with Crippen molar-refractivity contribution in [1.29, 1.82) is 0 Å². The monoisotopic (exact) mass is 428 g/mol. The first kappa shape index (κ1) is 20.8. The third-order valence-corrected chi connectivity index (χ3v) is 7.12. The lowest BCUT2D eigenvalue weighted by molar-refractivity contribution is -0.116. The zero-order valence-electron chi connectivity index (χ0n) is 15.7. The van der Waals surface area contributed by atoms with E-state index in [1.807, 2.05) is 0 Å². The summed E-state index contributed by atoms with van der Waals surface area (Å²) in [5.74, 6) is -1.02. The summed E-state index contributed by atoms with van der Waals surface area (Å²) in [6.07, 6.45) is 1.73. The predicted octanol–water partition coefficient (Wildman–Crippen LogP) is 3.11. The van der Waals surface area contributed by atoms with E-state index in [-0.39, 0.29) is 28.6 Å². The standard InChI is InChI=1S/C18H22ClFN4O3S/c1-12-18(28(26,27)23-8-3-4-9-23)13(2)24(22-12)10-7-17(25)21-16-6-5-14(19)11-15(16)20/h5-6,11H,3-4,7-10H2,1-2H3,(H,21,25). The van der Waals surface area contributed by atoms with Gasteiger partial charge >= 0.3 is 0 Å². The summed E-state index contributed by atoms with van der Waals surface area (Å²) in [6.45, 7) is 4.54. The number of hydrogen-bond donors (Lipinski definition) is 1. The third-order valence-electron chi connectivity index (χ3n) is 4.73. The van der Waals surface area contributed by atoms with Crippen LogP contribution in [0, 0.1) is 19.7 Å². The number of nitrogens with zero attached hydrogens (tertiary/aromatic N) is 3. The highest BCUT2D eigenvalue weighted by Gasteiger charge is 2.32. The molecule has 10 heteroatoms. The largest absolute Gasteiger partial charge is 0.324 e. The van der Waals surface area contributed by atoms with E-state index in [1.54, 1.807) is 13.8 Å². The van der Waals surface area contributed by atoms with Gasteiger partial charge in [-0.1, -0.05) is 11.6 Å². The molecule has 0 bridgehead atoms. The van der Waals surface area contributed by atoms with E-state index in [0.29, 0.717) is 24.5 Å². The van der Waals surface area contributed by atoms with Gasteiger partial charge in [-0.2, -0.15) is 9.40 Å². The van der Waals surface area contributed by atoms with Crippen LogP contribution in [0.15, 0.2) is 23.1 Å². The van der Waals surface area contributed by atoms with E-state index >= 15 is 0 Å². The average molecular weight is 429 g/mol. The highest BCUT2D eigenvalue weighted by atomic mass is 35.5. The van der Waals surface area contributed by atoms with Crippen molar-refractivity contribution >= 4 is 33.2 Å². The Morgan fingerprint density at radius 1 is 1.29 bits per heavy atom. The molecule has 0 spiro atoms. The molecule has 1 N–H and O–H groups in total. The third kappa shape index (κ3) is 4.21. The summed E-state index contributed by atoms with van der Waals surface area (Å²) in [5.41, 5.74) is 0.948. The predicted molar refractivity (Wildman–Crippen MR) is 104 cm³/mol. The Hall–Kier alpha value is -1.97. The van der Waals surface area contributed by atoms with Crippen LogP contribution in [0.4, 0.5) is 10.1 Å². The van der Waals surface area contributed by atoms with Gasteiger partial charge in [0.25, 0.3) is 0 Å². The van der Waals surface area contributed by atoms with Crippen molar-refractivity contribution in [2.24, 2.45) is 0 Å². The summed E-state index contributed by atoms with van der Waals surface area (Å²) >= 11 is 5.70. The summed E-state index contributed by atoms with van der Waals surface area (Å²) in [5, 5.41) is 7.02. The fourth-order valence-corrected chi connectivity index (χ4v) is 5.39. The number of halogens is 2. The number of amides is 1. The summed E-state index contributed by atoms with van der Waals surface area (Å²) in [4.78, 5) is 12.4. The van der Waals surface area contributed by atoms with Crippen LogP contribution in [0.3, 0.4) is 0 Å². The first-order chi connectivity index (χ1) is 13.2. The number of carbonyl (C=O) groups is 1. The van der Waals surface area contributed by atoms with Gasteiger partial charge < -0.3 is 5.32 Å². The van der Waals surface area contributed by atoms with E-state index in [1.165, 1.54) is 21.1 Å². The minimum atomic E-state index is -3.59. The van der Waals surface area contributed by atoms with Crippen LogP contribution in [0.5, 0.6) is 0 Å². The summed E-state index contributed by atoms with van der Waals surface area (Å²) in [7, 11) is -3.59. The molecule has 2 heterocycles. The van der Waals surface area contributed by atoms with Crippen LogP contribution in [0.2, 0.25) is 5.02 Å². The van der Waals surface area contributed by atoms with E-state index in [2.05, 4.69) is 10.4 Å². The fraction of sp³-hybridized carbons (Fsp3) is 0.444. The number of rotatable bonds is 6. The summed E-state index contributed by atoms with van der Waals surface area (Å²) in [6, 6.07) is 3.99. The number of aromatic nitrogens is 2. The van der Waals surface area contributed by atoms with Gasteiger partial charge in [0, 0.05) is 24.5 Å². The van der Waals surface area contributed by atoms with Crippen molar-refractivity contribution in [3.63, 3.8) is 0 Å². The number of nitrogens with one attached hydrogen (secondary N) is 1. The van der Waals surface area contributed by atoms with Crippen molar-refractivity contribution < 1.29 is 17.6 Å². The van der Waals surface area contributed by atoms with Crippen LogP contribution in [-0.2, 0) is 21.4 Å². The summed E-state index contributed by atoms with van der Waals surface area (Å²) < 4.78 is 42.5. The molecule has 28 heavy (non-hydrogen) atoms. The minimum Gasteiger partial charge on any atom is -0.324 e. The average Bonchev–Trinajstić information content (AvgIpc) is 3.24. The first-order valence-electron chi connectivity index (χ1n) is 8.99. The molecule has 1 aliphatic heterocycles. The number of hydrogen-bond acceptors (Lipinski definition) is 4. The lowest BCUT2D eigenvalue weighted by Gasteiger charge is -2.15. The van der Waals surface area contributed by atoms with Gasteiger partial charge in [-0.05, 0) is 44.9 Å². The van der Waals surface area contributed by atoms with Crippen LogP contribution in [0.25, 0.3) is 0 Å². The Morgan fingerprint density at radius 3 is 2.61 bits per heavy atom. The van der Waals surface area contributed by atoms with Gasteiger partial charge in [-0.3, -0.25) is 9.48 Å². The Bertz CT molecular complexity index is 1000. The lowest BCUT2D eigenvalue weighted by Crippen LogP contribution is -2.28. The van der Waals surface area contributed by atoms with Gasteiger partial charge in [0.1, 0.15) is 10.7 Å². The van der Waals surface area contributed by atoms with Crippen LogP contribution < -0.4 is 5.32 Å². The second-order valence-electron chi connectivity index (χ2n) is 6.76. The molecule has 0 saturated carbocycles. The molecule has 152 valence electrons. The van der Waals surface area contributed by atoms with Crippen LogP contribution in [0.1, 0.15) is 30.7 Å². The minimum absolute atomic E-state index is 0.0211. The van der Waals surface area contributed by atoms with E-state index in [0.717, 1.165) is 18.9 Å².